The lowest BCUT2D eigenvalue weighted by Gasteiger charge is -2.34. The first kappa shape index (κ1) is 22.6. The highest BCUT2D eigenvalue weighted by Crippen LogP contribution is 2.25. The SMILES string of the molecule is Cc1ccc(=O)n(C(C(=O)c2ccc(F)cc2)C(=O)N2CCC(Cc3ccccc3)CC2)c1. The zero-order chi connectivity index (χ0) is 23.4. The number of amides is 1. The summed E-state index contributed by atoms with van der Waals surface area (Å²) in [6, 6.07) is 17.0. The van der Waals surface area contributed by atoms with Gasteiger partial charge in [0.2, 0.25) is 0 Å². The lowest BCUT2D eigenvalue weighted by Crippen LogP contribution is -2.47. The van der Waals surface area contributed by atoms with Gasteiger partial charge in [-0.15, -0.1) is 0 Å². The molecule has 2 heterocycles. The van der Waals surface area contributed by atoms with Crippen LogP contribution in [-0.2, 0) is 11.2 Å². The van der Waals surface area contributed by atoms with Crippen molar-refractivity contribution in [2.75, 3.05) is 13.1 Å². The average Bonchev–Trinajstić information content (AvgIpc) is 2.83. The summed E-state index contributed by atoms with van der Waals surface area (Å²) >= 11 is 0. The third kappa shape index (κ3) is 5.28. The first-order chi connectivity index (χ1) is 15.9. The summed E-state index contributed by atoms with van der Waals surface area (Å²) < 4.78 is 14.6. The summed E-state index contributed by atoms with van der Waals surface area (Å²) in [5.41, 5.74) is 1.81. The van der Waals surface area contributed by atoms with Crippen molar-refractivity contribution < 1.29 is 14.0 Å². The van der Waals surface area contributed by atoms with Gasteiger partial charge in [0, 0.05) is 30.9 Å². The van der Waals surface area contributed by atoms with Crippen LogP contribution in [0, 0.1) is 18.7 Å². The number of likely N-dealkylation sites (tertiary alicyclic amines) is 1. The van der Waals surface area contributed by atoms with Gasteiger partial charge in [-0.1, -0.05) is 36.4 Å². The van der Waals surface area contributed by atoms with Gasteiger partial charge in [0.15, 0.2) is 11.8 Å². The van der Waals surface area contributed by atoms with E-state index in [0.717, 1.165) is 24.8 Å². The molecule has 1 unspecified atom stereocenters. The van der Waals surface area contributed by atoms with Gasteiger partial charge in [0.25, 0.3) is 11.5 Å². The highest BCUT2D eigenvalue weighted by molar-refractivity contribution is 6.11. The van der Waals surface area contributed by atoms with Gasteiger partial charge in [0.1, 0.15) is 5.82 Å². The zero-order valence-electron chi connectivity index (χ0n) is 18.6. The van der Waals surface area contributed by atoms with Crippen molar-refractivity contribution in [2.45, 2.75) is 32.2 Å². The van der Waals surface area contributed by atoms with Gasteiger partial charge >= 0.3 is 0 Å². The number of pyridine rings is 1. The molecule has 170 valence electrons. The maximum Gasteiger partial charge on any atom is 0.253 e. The van der Waals surface area contributed by atoms with Gasteiger partial charge in [-0.25, -0.2) is 4.39 Å². The van der Waals surface area contributed by atoms with Crippen LogP contribution in [-0.4, -0.2) is 34.2 Å². The van der Waals surface area contributed by atoms with Crippen LogP contribution in [0.4, 0.5) is 4.39 Å². The molecule has 0 bridgehead atoms. The molecule has 1 fully saturated rings. The zero-order valence-corrected chi connectivity index (χ0v) is 18.6. The lowest BCUT2D eigenvalue weighted by molar-refractivity contribution is -0.134. The third-order valence-corrected chi connectivity index (χ3v) is 6.27. The van der Waals surface area contributed by atoms with Crippen LogP contribution in [0.3, 0.4) is 0 Å². The van der Waals surface area contributed by atoms with Crippen molar-refractivity contribution in [1.82, 2.24) is 9.47 Å². The Balaban J connectivity index is 1.56. The van der Waals surface area contributed by atoms with Crippen LogP contribution >= 0.6 is 0 Å². The maximum atomic E-state index is 13.6. The van der Waals surface area contributed by atoms with Crippen molar-refractivity contribution in [3.05, 3.63) is 106 Å². The van der Waals surface area contributed by atoms with Crippen molar-refractivity contribution in [3.8, 4) is 0 Å². The Morgan fingerprint density at radius 1 is 0.970 bits per heavy atom. The fraction of sp³-hybridized carbons (Fsp3) is 0.296. The Bertz CT molecular complexity index is 1180. The Hall–Kier alpha value is -3.54. The summed E-state index contributed by atoms with van der Waals surface area (Å²) in [6.07, 6.45) is 4.16. The minimum atomic E-state index is -1.31. The summed E-state index contributed by atoms with van der Waals surface area (Å²) in [6.45, 7) is 2.86. The Morgan fingerprint density at radius 3 is 2.30 bits per heavy atom. The molecule has 33 heavy (non-hydrogen) atoms. The predicted octanol–water partition coefficient (Wildman–Crippen LogP) is 4.20. The number of hydrogen-bond donors (Lipinski definition) is 0. The number of aryl methyl sites for hydroxylation is 1. The van der Waals surface area contributed by atoms with Crippen LogP contribution in [0.2, 0.25) is 0 Å². The lowest BCUT2D eigenvalue weighted by atomic mass is 9.89. The largest absolute Gasteiger partial charge is 0.340 e. The van der Waals surface area contributed by atoms with Gasteiger partial charge in [-0.2, -0.15) is 0 Å². The van der Waals surface area contributed by atoms with E-state index in [1.807, 2.05) is 18.2 Å². The minimum absolute atomic E-state index is 0.196. The topological polar surface area (TPSA) is 59.4 Å². The van der Waals surface area contributed by atoms with Crippen LogP contribution in [0.5, 0.6) is 0 Å². The molecule has 6 heteroatoms. The number of nitrogens with zero attached hydrogens (tertiary/aromatic N) is 2. The molecule has 0 saturated carbocycles. The van der Waals surface area contributed by atoms with Crippen LogP contribution in [0.15, 0.2) is 77.7 Å². The first-order valence-corrected chi connectivity index (χ1v) is 11.2. The second-order valence-electron chi connectivity index (χ2n) is 8.68. The van der Waals surface area contributed by atoms with E-state index in [1.54, 1.807) is 17.9 Å². The fourth-order valence-corrected chi connectivity index (χ4v) is 4.42. The molecule has 1 saturated heterocycles. The van der Waals surface area contributed by atoms with Crippen molar-refractivity contribution in [1.29, 1.82) is 0 Å². The van der Waals surface area contributed by atoms with E-state index in [-0.39, 0.29) is 5.56 Å². The molecule has 5 nitrogen and oxygen atoms in total. The normalized spacial score (nSPS) is 15.3. The highest BCUT2D eigenvalue weighted by atomic mass is 19.1. The van der Waals surface area contributed by atoms with Crippen LogP contribution in [0.1, 0.15) is 40.4 Å². The van der Waals surface area contributed by atoms with Gasteiger partial charge in [-0.3, -0.25) is 19.0 Å². The van der Waals surface area contributed by atoms with E-state index in [0.29, 0.717) is 19.0 Å². The monoisotopic (exact) mass is 446 g/mol. The standard InChI is InChI=1S/C27H27FN2O3/c1-19-7-12-24(31)30(18-19)25(26(32)22-8-10-23(28)11-9-22)27(33)29-15-13-21(14-16-29)17-20-5-3-2-4-6-20/h2-12,18,21,25H,13-17H2,1H3. The number of carbonyl (C=O) groups is 2. The van der Waals surface area contributed by atoms with Gasteiger partial charge < -0.3 is 4.90 Å². The molecule has 4 rings (SSSR count). The highest BCUT2D eigenvalue weighted by Gasteiger charge is 2.35. The Morgan fingerprint density at radius 2 is 1.64 bits per heavy atom. The molecule has 2 aromatic carbocycles. The molecule has 1 atom stereocenters. The molecular weight excluding hydrogens is 419 g/mol. The second kappa shape index (κ2) is 9.94. The summed E-state index contributed by atoms with van der Waals surface area (Å²) in [5.74, 6) is -0.915. The Labute approximate surface area is 192 Å². The average molecular weight is 447 g/mol. The Kier molecular flexibility index (Phi) is 6.82. The molecule has 0 radical (unpaired) electrons. The molecule has 0 aliphatic carbocycles. The molecule has 3 aromatic rings. The number of halogens is 1. The quantitative estimate of drug-likeness (QED) is 0.421. The number of benzene rings is 2. The maximum absolute atomic E-state index is 13.6. The van der Waals surface area contributed by atoms with E-state index in [2.05, 4.69) is 12.1 Å². The van der Waals surface area contributed by atoms with Crippen molar-refractivity contribution >= 4 is 11.7 Å². The van der Waals surface area contributed by atoms with Crippen LogP contribution < -0.4 is 5.56 Å². The van der Waals surface area contributed by atoms with Gasteiger partial charge in [-0.05, 0) is 67.5 Å². The van der Waals surface area contributed by atoms with E-state index >= 15 is 0 Å². The molecule has 1 aliphatic heterocycles. The number of piperidine rings is 1. The summed E-state index contributed by atoms with van der Waals surface area (Å²) in [7, 11) is 0. The molecule has 0 spiro atoms. The number of ketones is 1. The number of rotatable bonds is 6. The smallest absolute Gasteiger partial charge is 0.253 e. The second-order valence-corrected chi connectivity index (χ2v) is 8.68. The molecular formula is C27H27FN2O3. The fourth-order valence-electron chi connectivity index (χ4n) is 4.42. The van der Waals surface area contributed by atoms with E-state index < -0.39 is 29.1 Å². The van der Waals surface area contributed by atoms with Crippen molar-refractivity contribution in [3.63, 3.8) is 0 Å². The van der Waals surface area contributed by atoms with E-state index in [4.69, 9.17) is 0 Å². The number of carbonyl (C=O) groups excluding carboxylic acids is 2. The molecule has 0 N–H and O–H groups in total. The summed E-state index contributed by atoms with van der Waals surface area (Å²) in [4.78, 5) is 41.3. The number of hydrogen-bond acceptors (Lipinski definition) is 3. The minimum Gasteiger partial charge on any atom is -0.340 e. The van der Waals surface area contributed by atoms with E-state index in [1.165, 1.54) is 46.7 Å². The first-order valence-electron chi connectivity index (χ1n) is 11.2. The molecule has 1 amide bonds. The van der Waals surface area contributed by atoms with Crippen molar-refractivity contribution in [2.24, 2.45) is 5.92 Å². The van der Waals surface area contributed by atoms with Crippen LogP contribution in [0.25, 0.3) is 0 Å². The molecule has 1 aliphatic rings. The van der Waals surface area contributed by atoms with E-state index in [9.17, 15) is 18.8 Å². The third-order valence-electron chi connectivity index (χ3n) is 6.27. The van der Waals surface area contributed by atoms with Gasteiger partial charge in [0.05, 0.1) is 0 Å². The molecule has 1 aromatic heterocycles. The predicted molar refractivity (Wildman–Crippen MR) is 125 cm³/mol. The number of aromatic nitrogens is 1. The number of Topliss-reactive ketones (excluding diaryl/α,β-unsaturated/α-hetero) is 1. The summed E-state index contributed by atoms with van der Waals surface area (Å²) in [5, 5.41) is 0.